The number of likely N-dealkylation sites (tertiary alicyclic amines) is 1. The maximum atomic E-state index is 14.3. The Morgan fingerprint density at radius 3 is 2.88 bits per heavy atom. The highest BCUT2D eigenvalue weighted by Gasteiger charge is 2.40. The molecule has 6 nitrogen and oxygen atoms in total. The lowest BCUT2D eigenvalue weighted by Gasteiger charge is -2.27. The van der Waals surface area contributed by atoms with Gasteiger partial charge in [0.15, 0.2) is 0 Å². The quantitative estimate of drug-likeness (QED) is 0.801. The summed E-state index contributed by atoms with van der Waals surface area (Å²) in [6.07, 6.45) is 2.48. The highest BCUT2D eigenvalue weighted by atomic mass is 19.1. The zero-order valence-electron chi connectivity index (χ0n) is 14.7. The third-order valence-electron chi connectivity index (χ3n) is 4.92. The summed E-state index contributed by atoms with van der Waals surface area (Å²) in [6, 6.07) is 7.13. The van der Waals surface area contributed by atoms with Crippen LogP contribution in [0.4, 0.5) is 10.4 Å². The second-order valence-electron chi connectivity index (χ2n) is 6.60. The van der Waals surface area contributed by atoms with Gasteiger partial charge in [0.25, 0.3) is 0 Å². The lowest BCUT2D eigenvalue weighted by atomic mass is 9.93. The molecule has 3 rings (SSSR count). The van der Waals surface area contributed by atoms with Gasteiger partial charge in [-0.3, -0.25) is 4.90 Å². The van der Waals surface area contributed by atoms with Crippen LogP contribution in [0.15, 0.2) is 28.7 Å². The maximum Gasteiger partial charge on any atom is 0.315 e. The number of likely N-dealkylation sites (N-methyl/N-ethyl adjacent to an activating group) is 1. The minimum atomic E-state index is -0.217. The normalized spacial score (nSPS) is 23.9. The van der Waals surface area contributed by atoms with Gasteiger partial charge in [0.1, 0.15) is 5.82 Å². The predicted octanol–water partition coefficient (Wildman–Crippen LogP) is 2.63. The molecule has 0 radical (unpaired) electrons. The van der Waals surface area contributed by atoms with E-state index in [1.54, 1.807) is 6.07 Å². The van der Waals surface area contributed by atoms with Crippen LogP contribution >= 0.6 is 0 Å². The largest absolute Gasteiger partial charge is 0.408 e. The zero-order valence-corrected chi connectivity index (χ0v) is 14.7. The third-order valence-corrected chi connectivity index (χ3v) is 4.92. The van der Waals surface area contributed by atoms with Crippen molar-refractivity contribution in [2.45, 2.75) is 38.3 Å². The summed E-state index contributed by atoms with van der Waals surface area (Å²) in [5.74, 6) is 0.527. The Morgan fingerprint density at radius 1 is 1.36 bits per heavy atom. The van der Waals surface area contributed by atoms with Crippen molar-refractivity contribution in [1.29, 1.82) is 0 Å². The number of hydrogen-bond donors (Lipinski definition) is 2. The molecular formula is C18H25FN4O2. The van der Waals surface area contributed by atoms with Crippen LogP contribution in [-0.2, 0) is 6.42 Å². The zero-order chi connectivity index (χ0) is 17.8. The number of aliphatic hydroxyl groups is 1. The van der Waals surface area contributed by atoms with Crippen molar-refractivity contribution in [3.8, 4) is 0 Å². The Balaban J connectivity index is 1.74. The maximum absolute atomic E-state index is 14.3. The summed E-state index contributed by atoms with van der Waals surface area (Å²) in [6.45, 7) is 2.69. The lowest BCUT2D eigenvalue weighted by molar-refractivity contribution is 0.151. The standard InChI is InChI=1S/C18H25FN4O2/c1-3-6-16-21-22-18(25-16)20-10-12-9-13(11-24)23(2)17(12)14-7-4-5-8-15(14)19/h4-5,7-8,12-13,17,24H,3,6,9-11H2,1-2H3,(H,20,22)/t12-,13+,17-/m0/s1. The van der Waals surface area contributed by atoms with Crippen LogP contribution in [0.2, 0.25) is 0 Å². The highest BCUT2D eigenvalue weighted by Crippen LogP contribution is 2.40. The SMILES string of the molecule is CCCc1nnc(NC[C@@H]2C[C@H](CO)N(C)[C@@H]2c2ccccc2F)o1. The third kappa shape index (κ3) is 3.82. The second-order valence-corrected chi connectivity index (χ2v) is 6.60. The molecule has 1 aromatic carbocycles. The minimum absolute atomic E-state index is 0.00902. The molecule has 2 N–H and O–H groups in total. The van der Waals surface area contributed by atoms with Crippen LogP contribution in [0, 0.1) is 11.7 Å². The van der Waals surface area contributed by atoms with E-state index in [0.29, 0.717) is 24.0 Å². The Bertz CT molecular complexity index is 693. The predicted molar refractivity (Wildman–Crippen MR) is 92.7 cm³/mol. The molecule has 0 amide bonds. The van der Waals surface area contributed by atoms with Crippen molar-refractivity contribution in [3.63, 3.8) is 0 Å². The van der Waals surface area contributed by atoms with Crippen molar-refractivity contribution in [2.75, 3.05) is 25.5 Å². The molecule has 1 aliphatic heterocycles. The first-order valence-corrected chi connectivity index (χ1v) is 8.77. The van der Waals surface area contributed by atoms with Gasteiger partial charge < -0.3 is 14.8 Å². The Labute approximate surface area is 147 Å². The number of halogens is 1. The Kier molecular flexibility index (Phi) is 5.65. The van der Waals surface area contributed by atoms with Gasteiger partial charge in [-0.1, -0.05) is 30.2 Å². The summed E-state index contributed by atoms with van der Waals surface area (Å²) in [5, 5.41) is 20.8. The van der Waals surface area contributed by atoms with Crippen molar-refractivity contribution in [2.24, 2.45) is 5.92 Å². The molecule has 25 heavy (non-hydrogen) atoms. The number of aromatic nitrogens is 2. The fourth-order valence-electron chi connectivity index (χ4n) is 3.65. The first-order valence-electron chi connectivity index (χ1n) is 8.77. The molecule has 3 atom stereocenters. The van der Waals surface area contributed by atoms with Crippen LogP contribution < -0.4 is 5.32 Å². The summed E-state index contributed by atoms with van der Waals surface area (Å²) >= 11 is 0. The number of rotatable bonds is 7. The number of hydrogen-bond acceptors (Lipinski definition) is 6. The highest BCUT2D eigenvalue weighted by molar-refractivity contribution is 5.25. The average molecular weight is 348 g/mol. The molecule has 7 heteroatoms. The van der Waals surface area contributed by atoms with E-state index in [-0.39, 0.29) is 30.4 Å². The van der Waals surface area contributed by atoms with Crippen molar-refractivity contribution in [3.05, 3.63) is 41.5 Å². The topological polar surface area (TPSA) is 74.4 Å². The van der Waals surface area contributed by atoms with Crippen LogP contribution in [0.1, 0.15) is 37.3 Å². The number of aliphatic hydroxyl groups excluding tert-OH is 1. The first-order chi connectivity index (χ1) is 12.1. The number of nitrogens with one attached hydrogen (secondary N) is 1. The van der Waals surface area contributed by atoms with Gasteiger partial charge in [-0.05, 0) is 31.9 Å². The Morgan fingerprint density at radius 2 is 2.16 bits per heavy atom. The molecule has 2 heterocycles. The van der Waals surface area contributed by atoms with E-state index in [1.807, 2.05) is 19.2 Å². The molecule has 0 spiro atoms. The molecule has 1 saturated heterocycles. The molecular weight excluding hydrogens is 323 g/mol. The summed E-state index contributed by atoms with van der Waals surface area (Å²) in [7, 11) is 1.93. The molecule has 0 saturated carbocycles. The van der Waals surface area contributed by atoms with E-state index < -0.39 is 0 Å². The number of benzene rings is 1. The average Bonchev–Trinajstić information content (AvgIpc) is 3.18. The van der Waals surface area contributed by atoms with Crippen LogP contribution in [0.5, 0.6) is 0 Å². The minimum Gasteiger partial charge on any atom is -0.408 e. The van der Waals surface area contributed by atoms with E-state index in [0.717, 1.165) is 19.3 Å². The van der Waals surface area contributed by atoms with Crippen molar-refractivity contribution >= 4 is 6.01 Å². The van der Waals surface area contributed by atoms with Gasteiger partial charge in [0.05, 0.1) is 6.61 Å². The van der Waals surface area contributed by atoms with Gasteiger partial charge in [-0.25, -0.2) is 4.39 Å². The van der Waals surface area contributed by atoms with Crippen molar-refractivity contribution < 1.29 is 13.9 Å². The molecule has 0 aliphatic carbocycles. The summed E-state index contributed by atoms with van der Waals surface area (Å²) in [5.41, 5.74) is 0.657. The number of anilines is 1. The molecule has 0 bridgehead atoms. The monoisotopic (exact) mass is 348 g/mol. The van der Waals surface area contributed by atoms with Crippen LogP contribution in [0.3, 0.4) is 0 Å². The van der Waals surface area contributed by atoms with Gasteiger partial charge in [-0.15, -0.1) is 5.10 Å². The lowest BCUT2D eigenvalue weighted by Crippen LogP contribution is -2.31. The van der Waals surface area contributed by atoms with Gasteiger partial charge >= 0.3 is 6.01 Å². The molecule has 2 aromatic rings. The van der Waals surface area contributed by atoms with E-state index in [2.05, 4.69) is 27.3 Å². The molecule has 0 unspecified atom stereocenters. The smallest absolute Gasteiger partial charge is 0.315 e. The van der Waals surface area contributed by atoms with Crippen molar-refractivity contribution in [1.82, 2.24) is 15.1 Å². The van der Waals surface area contributed by atoms with Crippen LogP contribution in [0.25, 0.3) is 0 Å². The van der Waals surface area contributed by atoms with Gasteiger partial charge in [0.2, 0.25) is 5.89 Å². The van der Waals surface area contributed by atoms with Gasteiger partial charge in [0, 0.05) is 30.6 Å². The number of aryl methyl sites for hydroxylation is 1. The second kappa shape index (κ2) is 7.93. The van der Waals surface area contributed by atoms with E-state index in [9.17, 15) is 9.50 Å². The first kappa shape index (κ1) is 17.8. The van der Waals surface area contributed by atoms with Gasteiger partial charge in [-0.2, -0.15) is 0 Å². The molecule has 1 aromatic heterocycles. The van der Waals surface area contributed by atoms with E-state index in [4.69, 9.17) is 4.42 Å². The fraction of sp³-hybridized carbons (Fsp3) is 0.556. The molecule has 1 aliphatic rings. The van der Waals surface area contributed by atoms with E-state index >= 15 is 0 Å². The molecule has 1 fully saturated rings. The summed E-state index contributed by atoms with van der Waals surface area (Å²) in [4.78, 5) is 2.06. The summed E-state index contributed by atoms with van der Waals surface area (Å²) < 4.78 is 19.9. The van der Waals surface area contributed by atoms with Crippen LogP contribution in [-0.4, -0.2) is 46.4 Å². The Hall–Kier alpha value is -1.99. The fourth-order valence-corrected chi connectivity index (χ4v) is 3.65. The van der Waals surface area contributed by atoms with E-state index in [1.165, 1.54) is 6.07 Å². The number of nitrogens with zero attached hydrogens (tertiary/aromatic N) is 3. The molecule has 136 valence electrons.